The normalized spacial score (nSPS) is 19.2. The summed E-state index contributed by atoms with van der Waals surface area (Å²) < 4.78 is 5.72. The SMILES string of the molecule is CCC1CN(C(=O)c2cccc3c2OCC3)CCC(=O)N1Cc1ccccc1. The van der Waals surface area contributed by atoms with Crippen molar-refractivity contribution in [2.24, 2.45) is 0 Å². The topological polar surface area (TPSA) is 49.9 Å². The molecular weight excluding hydrogens is 352 g/mol. The molecule has 0 N–H and O–H groups in total. The Morgan fingerprint density at radius 3 is 2.71 bits per heavy atom. The van der Waals surface area contributed by atoms with Crippen molar-refractivity contribution < 1.29 is 14.3 Å². The van der Waals surface area contributed by atoms with Gasteiger partial charge in [-0.05, 0) is 23.6 Å². The van der Waals surface area contributed by atoms with E-state index in [0.29, 0.717) is 38.2 Å². The predicted octanol–water partition coefficient (Wildman–Crippen LogP) is 3.27. The summed E-state index contributed by atoms with van der Waals surface area (Å²) in [6.45, 7) is 4.29. The van der Waals surface area contributed by atoms with Gasteiger partial charge in [0.05, 0.1) is 12.2 Å². The van der Waals surface area contributed by atoms with Crippen molar-refractivity contribution in [1.29, 1.82) is 0 Å². The van der Waals surface area contributed by atoms with Crippen LogP contribution in [0.3, 0.4) is 0 Å². The second kappa shape index (κ2) is 8.05. The van der Waals surface area contributed by atoms with Crippen LogP contribution in [0.5, 0.6) is 5.75 Å². The number of carbonyl (C=O) groups excluding carboxylic acids is 2. The Balaban J connectivity index is 1.55. The number of hydrogen-bond donors (Lipinski definition) is 0. The smallest absolute Gasteiger partial charge is 0.257 e. The molecule has 5 nitrogen and oxygen atoms in total. The maximum atomic E-state index is 13.3. The molecule has 146 valence electrons. The van der Waals surface area contributed by atoms with Gasteiger partial charge < -0.3 is 14.5 Å². The van der Waals surface area contributed by atoms with E-state index in [0.717, 1.165) is 29.7 Å². The first-order chi connectivity index (χ1) is 13.7. The summed E-state index contributed by atoms with van der Waals surface area (Å²) in [6, 6.07) is 15.8. The van der Waals surface area contributed by atoms with Gasteiger partial charge >= 0.3 is 0 Å². The van der Waals surface area contributed by atoms with Gasteiger partial charge in [-0.1, -0.05) is 49.4 Å². The number of carbonyl (C=O) groups is 2. The number of hydrogen-bond acceptors (Lipinski definition) is 3. The van der Waals surface area contributed by atoms with Gasteiger partial charge in [-0.15, -0.1) is 0 Å². The quantitative estimate of drug-likeness (QED) is 0.820. The molecule has 0 spiro atoms. The number of nitrogens with zero attached hydrogens (tertiary/aromatic N) is 2. The molecule has 0 bridgehead atoms. The minimum atomic E-state index is -0.0356. The van der Waals surface area contributed by atoms with E-state index in [1.165, 1.54) is 0 Å². The molecule has 2 aromatic rings. The van der Waals surface area contributed by atoms with Crippen molar-refractivity contribution in [2.75, 3.05) is 19.7 Å². The van der Waals surface area contributed by atoms with Crippen LogP contribution in [-0.4, -0.2) is 47.4 Å². The minimum Gasteiger partial charge on any atom is -0.492 e. The highest BCUT2D eigenvalue weighted by molar-refractivity contribution is 5.98. The molecule has 2 aliphatic heterocycles. The van der Waals surface area contributed by atoms with Crippen LogP contribution in [0.4, 0.5) is 0 Å². The first-order valence-electron chi connectivity index (χ1n) is 10.0. The average Bonchev–Trinajstić information content (AvgIpc) is 3.15. The van der Waals surface area contributed by atoms with Crippen LogP contribution in [0.25, 0.3) is 0 Å². The van der Waals surface area contributed by atoms with E-state index in [1.807, 2.05) is 58.3 Å². The molecule has 28 heavy (non-hydrogen) atoms. The summed E-state index contributed by atoms with van der Waals surface area (Å²) in [6.07, 6.45) is 2.01. The van der Waals surface area contributed by atoms with Gasteiger partial charge in [0.15, 0.2) is 0 Å². The largest absolute Gasteiger partial charge is 0.492 e. The van der Waals surface area contributed by atoms with Gasteiger partial charge in [0.2, 0.25) is 5.91 Å². The molecule has 2 aliphatic rings. The van der Waals surface area contributed by atoms with Gasteiger partial charge in [0, 0.05) is 38.5 Å². The van der Waals surface area contributed by atoms with Crippen LogP contribution in [0.1, 0.15) is 41.3 Å². The Morgan fingerprint density at radius 1 is 1.11 bits per heavy atom. The van der Waals surface area contributed by atoms with Gasteiger partial charge in [0.25, 0.3) is 5.91 Å². The fraction of sp³-hybridized carbons (Fsp3) is 0.391. The molecule has 0 aromatic heterocycles. The summed E-state index contributed by atoms with van der Waals surface area (Å²) in [7, 11) is 0. The zero-order chi connectivity index (χ0) is 19.5. The van der Waals surface area contributed by atoms with Crippen LogP contribution in [-0.2, 0) is 17.8 Å². The fourth-order valence-corrected chi connectivity index (χ4v) is 4.11. The van der Waals surface area contributed by atoms with E-state index in [4.69, 9.17) is 4.74 Å². The maximum absolute atomic E-state index is 13.3. The lowest BCUT2D eigenvalue weighted by molar-refractivity contribution is -0.133. The molecule has 1 fully saturated rings. The van der Waals surface area contributed by atoms with Crippen LogP contribution in [0.2, 0.25) is 0 Å². The lowest BCUT2D eigenvalue weighted by atomic mass is 10.1. The molecule has 0 saturated carbocycles. The molecule has 2 heterocycles. The molecule has 1 unspecified atom stereocenters. The molecular formula is C23H26N2O3. The van der Waals surface area contributed by atoms with Crippen molar-refractivity contribution in [3.05, 3.63) is 65.2 Å². The number of fused-ring (bicyclic) bond motifs is 1. The van der Waals surface area contributed by atoms with Crippen molar-refractivity contribution >= 4 is 11.8 Å². The van der Waals surface area contributed by atoms with E-state index in [9.17, 15) is 9.59 Å². The van der Waals surface area contributed by atoms with Crippen LogP contribution in [0.15, 0.2) is 48.5 Å². The van der Waals surface area contributed by atoms with Crippen molar-refractivity contribution in [3.63, 3.8) is 0 Å². The van der Waals surface area contributed by atoms with Crippen molar-refractivity contribution in [3.8, 4) is 5.75 Å². The molecule has 2 amide bonds. The monoisotopic (exact) mass is 378 g/mol. The van der Waals surface area contributed by atoms with E-state index in [1.54, 1.807) is 0 Å². The highest BCUT2D eigenvalue weighted by Gasteiger charge is 2.32. The third-order valence-electron chi connectivity index (χ3n) is 5.69. The second-order valence-corrected chi connectivity index (χ2v) is 7.46. The third-order valence-corrected chi connectivity index (χ3v) is 5.69. The Morgan fingerprint density at radius 2 is 1.93 bits per heavy atom. The molecule has 1 atom stereocenters. The summed E-state index contributed by atoms with van der Waals surface area (Å²) in [5.41, 5.74) is 2.83. The maximum Gasteiger partial charge on any atom is 0.257 e. The van der Waals surface area contributed by atoms with E-state index >= 15 is 0 Å². The summed E-state index contributed by atoms with van der Waals surface area (Å²) in [4.78, 5) is 29.9. The number of rotatable bonds is 4. The first kappa shape index (κ1) is 18.5. The Bertz CT molecular complexity index is 865. The van der Waals surface area contributed by atoms with Crippen LogP contribution in [0, 0.1) is 0 Å². The third kappa shape index (κ3) is 3.61. The number of benzene rings is 2. The Hall–Kier alpha value is -2.82. The number of ether oxygens (including phenoxy) is 1. The zero-order valence-electron chi connectivity index (χ0n) is 16.3. The Kier molecular flexibility index (Phi) is 5.33. The molecule has 1 saturated heterocycles. The van der Waals surface area contributed by atoms with Crippen molar-refractivity contribution in [2.45, 2.75) is 38.8 Å². The zero-order valence-corrected chi connectivity index (χ0v) is 16.3. The standard InChI is InChI=1S/C23H26N2O3/c1-2-19-16-24(23(27)20-10-6-9-18-12-14-28-22(18)20)13-11-21(26)25(19)15-17-7-4-3-5-8-17/h3-10,19H,2,11-16H2,1H3. The second-order valence-electron chi connectivity index (χ2n) is 7.46. The summed E-state index contributed by atoms with van der Waals surface area (Å²) >= 11 is 0. The number of para-hydroxylation sites is 1. The Labute approximate surface area is 165 Å². The van der Waals surface area contributed by atoms with Gasteiger partial charge in [-0.25, -0.2) is 0 Å². The molecule has 4 rings (SSSR count). The lowest BCUT2D eigenvalue weighted by Crippen LogP contribution is -2.43. The highest BCUT2D eigenvalue weighted by atomic mass is 16.5. The van der Waals surface area contributed by atoms with E-state index in [2.05, 4.69) is 6.92 Å². The molecule has 0 radical (unpaired) electrons. The van der Waals surface area contributed by atoms with Gasteiger partial charge in [-0.2, -0.15) is 0 Å². The van der Waals surface area contributed by atoms with Crippen molar-refractivity contribution in [1.82, 2.24) is 9.80 Å². The fourth-order valence-electron chi connectivity index (χ4n) is 4.11. The average molecular weight is 378 g/mol. The van der Waals surface area contributed by atoms with E-state index in [-0.39, 0.29) is 17.9 Å². The molecule has 0 aliphatic carbocycles. The minimum absolute atomic E-state index is 0.0110. The van der Waals surface area contributed by atoms with Crippen LogP contribution >= 0.6 is 0 Å². The molecule has 5 heteroatoms. The van der Waals surface area contributed by atoms with E-state index < -0.39 is 0 Å². The number of amides is 2. The first-order valence-corrected chi connectivity index (χ1v) is 10.0. The summed E-state index contributed by atoms with van der Waals surface area (Å²) in [5.74, 6) is 0.796. The van der Waals surface area contributed by atoms with Gasteiger partial charge in [0.1, 0.15) is 5.75 Å². The predicted molar refractivity (Wildman–Crippen MR) is 107 cm³/mol. The molecule has 2 aromatic carbocycles. The summed E-state index contributed by atoms with van der Waals surface area (Å²) in [5, 5.41) is 0. The highest BCUT2D eigenvalue weighted by Crippen LogP contribution is 2.31. The lowest BCUT2D eigenvalue weighted by Gasteiger charge is -2.31. The van der Waals surface area contributed by atoms with Gasteiger partial charge in [-0.3, -0.25) is 9.59 Å². The van der Waals surface area contributed by atoms with Crippen LogP contribution < -0.4 is 4.74 Å².